The SMILES string of the molecule is O=C(NCc1ccccc1)N1CCC2CCN(Cc3ccccn3)CCC21. The van der Waals surface area contributed by atoms with Gasteiger partial charge in [-0.1, -0.05) is 36.4 Å². The average molecular weight is 364 g/mol. The Labute approximate surface area is 161 Å². The van der Waals surface area contributed by atoms with Crippen molar-refractivity contribution < 1.29 is 4.79 Å². The van der Waals surface area contributed by atoms with Crippen molar-refractivity contribution in [3.63, 3.8) is 0 Å². The molecule has 0 saturated carbocycles. The Morgan fingerprint density at radius 2 is 1.78 bits per heavy atom. The van der Waals surface area contributed by atoms with Gasteiger partial charge in [-0.05, 0) is 49.4 Å². The quantitative estimate of drug-likeness (QED) is 0.906. The predicted octanol–water partition coefficient (Wildman–Crippen LogP) is 3.28. The summed E-state index contributed by atoms with van der Waals surface area (Å²) in [5.74, 6) is 0.626. The van der Waals surface area contributed by atoms with Crippen LogP contribution >= 0.6 is 0 Å². The van der Waals surface area contributed by atoms with E-state index in [4.69, 9.17) is 0 Å². The van der Waals surface area contributed by atoms with Crippen LogP contribution in [0.3, 0.4) is 0 Å². The molecule has 0 aliphatic carbocycles. The first-order chi connectivity index (χ1) is 13.3. The highest BCUT2D eigenvalue weighted by molar-refractivity contribution is 5.75. The summed E-state index contributed by atoms with van der Waals surface area (Å²) < 4.78 is 0. The summed E-state index contributed by atoms with van der Waals surface area (Å²) in [6.07, 6.45) is 5.21. The molecule has 3 heterocycles. The third-order valence-corrected chi connectivity index (χ3v) is 5.90. The van der Waals surface area contributed by atoms with Gasteiger partial charge in [0, 0.05) is 38.4 Å². The molecule has 1 aromatic heterocycles. The van der Waals surface area contributed by atoms with Crippen molar-refractivity contribution in [2.75, 3.05) is 19.6 Å². The van der Waals surface area contributed by atoms with Gasteiger partial charge < -0.3 is 10.2 Å². The van der Waals surface area contributed by atoms with E-state index in [2.05, 4.69) is 26.2 Å². The lowest BCUT2D eigenvalue weighted by atomic mass is 9.96. The summed E-state index contributed by atoms with van der Waals surface area (Å²) in [5.41, 5.74) is 2.27. The Bertz CT molecular complexity index is 736. The van der Waals surface area contributed by atoms with Crippen LogP contribution in [0.15, 0.2) is 54.7 Å². The molecule has 0 spiro atoms. The van der Waals surface area contributed by atoms with E-state index < -0.39 is 0 Å². The number of likely N-dealkylation sites (tertiary alicyclic amines) is 2. The fourth-order valence-electron chi connectivity index (χ4n) is 4.43. The largest absolute Gasteiger partial charge is 0.334 e. The van der Waals surface area contributed by atoms with Crippen LogP contribution in [-0.2, 0) is 13.1 Å². The van der Waals surface area contributed by atoms with Gasteiger partial charge in [-0.25, -0.2) is 4.79 Å². The third kappa shape index (κ3) is 4.48. The molecule has 2 aromatic rings. The molecule has 1 aromatic carbocycles. The van der Waals surface area contributed by atoms with Crippen molar-refractivity contribution in [1.82, 2.24) is 20.1 Å². The molecule has 2 aliphatic heterocycles. The molecule has 5 nitrogen and oxygen atoms in total. The van der Waals surface area contributed by atoms with Crippen molar-refractivity contribution >= 4 is 6.03 Å². The van der Waals surface area contributed by atoms with E-state index >= 15 is 0 Å². The second-order valence-corrected chi connectivity index (χ2v) is 7.63. The van der Waals surface area contributed by atoms with Gasteiger partial charge in [0.15, 0.2) is 0 Å². The number of fused-ring (bicyclic) bond motifs is 1. The minimum Gasteiger partial charge on any atom is -0.334 e. The number of hydrogen-bond acceptors (Lipinski definition) is 3. The molecule has 4 rings (SSSR count). The maximum absolute atomic E-state index is 12.7. The molecule has 0 radical (unpaired) electrons. The Morgan fingerprint density at radius 1 is 1.00 bits per heavy atom. The number of hydrogen-bond donors (Lipinski definition) is 1. The minimum absolute atomic E-state index is 0.0875. The van der Waals surface area contributed by atoms with Crippen molar-refractivity contribution in [2.24, 2.45) is 5.92 Å². The first-order valence-corrected chi connectivity index (χ1v) is 10.0. The zero-order valence-corrected chi connectivity index (χ0v) is 15.8. The van der Waals surface area contributed by atoms with Crippen molar-refractivity contribution in [3.05, 3.63) is 66.0 Å². The molecule has 1 N–H and O–H groups in total. The van der Waals surface area contributed by atoms with Gasteiger partial charge >= 0.3 is 6.03 Å². The fraction of sp³-hybridized carbons (Fsp3) is 0.455. The van der Waals surface area contributed by atoms with E-state index in [0.29, 0.717) is 18.5 Å². The highest BCUT2D eigenvalue weighted by Gasteiger charge is 2.38. The van der Waals surface area contributed by atoms with Crippen molar-refractivity contribution in [2.45, 2.75) is 38.4 Å². The number of rotatable bonds is 4. The fourth-order valence-corrected chi connectivity index (χ4v) is 4.43. The number of nitrogens with one attached hydrogen (secondary N) is 1. The number of carbonyl (C=O) groups excluding carboxylic acids is 1. The number of urea groups is 1. The van der Waals surface area contributed by atoms with Gasteiger partial charge in [-0.15, -0.1) is 0 Å². The van der Waals surface area contributed by atoms with Crippen LogP contribution < -0.4 is 5.32 Å². The zero-order chi connectivity index (χ0) is 18.5. The van der Waals surface area contributed by atoms with Crippen LogP contribution in [0.5, 0.6) is 0 Å². The topological polar surface area (TPSA) is 48.5 Å². The number of carbonyl (C=O) groups is 1. The average Bonchev–Trinajstić information content (AvgIpc) is 3.02. The highest BCUT2D eigenvalue weighted by atomic mass is 16.2. The van der Waals surface area contributed by atoms with Gasteiger partial charge in [-0.2, -0.15) is 0 Å². The lowest BCUT2D eigenvalue weighted by Gasteiger charge is -2.27. The molecule has 2 saturated heterocycles. The van der Waals surface area contributed by atoms with Crippen LogP contribution in [-0.4, -0.2) is 46.5 Å². The van der Waals surface area contributed by atoms with Gasteiger partial charge in [-0.3, -0.25) is 9.88 Å². The number of amides is 2. The molecular weight excluding hydrogens is 336 g/mol. The third-order valence-electron chi connectivity index (χ3n) is 5.90. The summed E-state index contributed by atoms with van der Waals surface area (Å²) in [7, 11) is 0. The Kier molecular flexibility index (Phi) is 5.68. The molecule has 27 heavy (non-hydrogen) atoms. The standard InChI is InChI=1S/C22H28N4O/c27-22(24-16-18-6-2-1-3-7-18)26-15-10-19-9-13-25(14-11-21(19)26)17-20-8-4-5-12-23-20/h1-8,12,19,21H,9-11,13-17H2,(H,24,27). The van der Waals surface area contributed by atoms with Crippen LogP contribution in [0.2, 0.25) is 0 Å². The normalized spacial score (nSPS) is 22.9. The molecule has 5 heteroatoms. The molecule has 2 unspecified atom stereocenters. The zero-order valence-electron chi connectivity index (χ0n) is 15.8. The van der Waals surface area contributed by atoms with Crippen molar-refractivity contribution in [3.8, 4) is 0 Å². The molecular formula is C22H28N4O. The smallest absolute Gasteiger partial charge is 0.317 e. The van der Waals surface area contributed by atoms with Crippen LogP contribution in [0.25, 0.3) is 0 Å². The molecule has 0 bridgehead atoms. The van der Waals surface area contributed by atoms with Gasteiger partial charge in [0.2, 0.25) is 0 Å². The summed E-state index contributed by atoms with van der Waals surface area (Å²) in [6.45, 7) is 4.51. The van der Waals surface area contributed by atoms with Crippen LogP contribution in [0.4, 0.5) is 4.79 Å². The lowest BCUT2D eigenvalue weighted by molar-refractivity contribution is 0.180. The van der Waals surface area contributed by atoms with Gasteiger partial charge in [0.25, 0.3) is 0 Å². The first kappa shape index (κ1) is 18.0. The van der Waals surface area contributed by atoms with E-state index in [-0.39, 0.29) is 6.03 Å². The van der Waals surface area contributed by atoms with Crippen LogP contribution in [0, 0.1) is 5.92 Å². The van der Waals surface area contributed by atoms with E-state index in [0.717, 1.165) is 50.3 Å². The predicted molar refractivity (Wildman–Crippen MR) is 106 cm³/mol. The van der Waals surface area contributed by atoms with E-state index in [1.54, 1.807) is 0 Å². The van der Waals surface area contributed by atoms with Crippen LogP contribution in [0.1, 0.15) is 30.5 Å². The maximum Gasteiger partial charge on any atom is 0.317 e. The number of aromatic nitrogens is 1. The van der Waals surface area contributed by atoms with Crippen molar-refractivity contribution in [1.29, 1.82) is 0 Å². The summed E-state index contributed by atoms with van der Waals surface area (Å²) in [4.78, 5) is 21.8. The Hall–Kier alpha value is -2.40. The summed E-state index contributed by atoms with van der Waals surface area (Å²) in [6, 6.07) is 16.7. The molecule has 2 amide bonds. The maximum atomic E-state index is 12.7. The minimum atomic E-state index is 0.0875. The molecule has 142 valence electrons. The summed E-state index contributed by atoms with van der Waals surface area (Å²) >= 11 is 0. The number of benzene rings is 1. The summed E-state index contributed by atoms with van der Waals surface area (Å²) in [5, 5.41) is 3.11. The highest BCUT2D eigenvalue weighted by Crippen LogP contribution is 2.32. The molecule has 2 atom stereocenters. The van der Waals surface area contributed by atoms with E-state index in [1.807, 2.05) is 48.7 Å². The number of nitrogens with zero attached hydrogens (tertiary/aromatic N) is 3. The number of pyridine rings is 1. The molecule has 2 fully saturated rings. The monoisotopic (exact) mass is 364 g/mol. The Morgan fingerprint density at radius 3 is 2.59 bits per heavy atom. The Balaban J connectivity index is 1.32. The van der Waals surface area contributed by atoms with Gasteiger partial charge in [0.1, 0.15) is 0 Å². The second kappa shape index (κ2) is 8.53. The van der Waals surface area contributed by atoms with E-state index in [9.17, 15) is 4.79 Å². The first-order valence-electron chi connectivity index (χ1n) is 10.0. The lowest BCUT2D eigenvalue weighted by Crippen LogP contribution is -2.44. The molecule has 2 aliphatic rings. The van der Waals surface area contributed by atoms with Gasteiger partial charge in [0.05, 0.1) is 5.69 Å². The second-order valence-electron chi connectivity index (χ2n) is 7.63. The van der Waals surface area contributed by atoms with E-state index in [1.165, 1.54) is 6.42 Å².